The van der Waals surface area contributed by atoms with Gasteiger partial charge in [0.2, 0.25) is 0 Å². The highest BCUT2D eigenvalue weighted by Crippen LogP contribution is 2.16. The predicted molar refractivity (Wildman–Crippen MR) is 91.2 cm³/mol. The second kappa shape index (κ2) is 9.27. The lowest BCUT2D eigenvalue weighted by Gasteiger charge is -2.09. The Labute approximate surface area is 144 Å². The number of halogens is 1. The number of amides is 2. The van der Waals surface area contributed by atoms with Crippen LogP contribution in [0.3, 0.4) is 0 Å². The fraction of sp³-hybridized carbons (Fsp3) is 0.222. The molecule has 2 aromatic carbocycles. The zero-order valence-electron chi connectivity index (χ0n) is 13.8. The van der Waals surface area contributed by atoms with E-state index in [0.717, 1.165) is 5.56 Å². The highest BCUT2D eigenvalue weighted by molar-refractivity contribution is 5.89. The lowest BCUT2D eigenvalue weighted by Crippen LogP contribution is -2.30. The predicted octanol–water partition coefficient (Wildman–Crippen LogP) is 3.73. The van der Waals surface area contributed by atoms with Gasteiger partial charge in [-0.05, 0) is 55.3 Å². The van der Waals surface area contributed by atoms with Crippen molar-refractivity contribution >= 4 is 17.9 Å². The number of urea groups is 1. The van der Waals surface area contributed by atoms with E-state index in [4.69, 9.17) is 4.74 Å². The van der Waals surface area contributed by atoms with Crippen LogP contribution in [0.25, 0.3) is 0 Å². The molecule has 0 aliphatic rings. The van der Waals surface area contributed by atoms with E-state index in [2.05, 4.69) is 15.4 Å². The van der Waals surface area contributed by atoms with Crippen LogP contribution < -0.4 is 15.4 Å². The standard InChI is InChI=1S/C18H19FN2O4/c1-2-24-18(23)25-16-8-6-15(7-9-16)21-17(22)20-11-10-13-4-3-5-14(19)12-13/h3-9,12H,2,10-11H2,1H3,(H2,20,21,22). The molecule has 25 heavy (non-hydrogen) atoms. The van der Waals surface area contributed by atoms with Crippen molar-refractivity contribution in [3.05, 3.63) is 59.9 Å². The molecular formula is C18H19FN2O4. The van der Waals surface area contributed by atoms with Crippen molar-refractivity contribution in [1.29, 1.82) is 0 Å². The van der Waals surface area contributed by atoms with Gasteiger partial charge in [0.15, 0.2) is 0 Å². The van der Waals surface area contributed by atoms with Gasteiger partial charge >= 0.3 is 12.2 Å². The van der Waals surface area contributed by atoms with Crippen LogP contribution in [0.15, 0.2) is 48.5 Å². The lowest BCUT2D eigenvalue weighted by atomic mass is 10.1. The molecular weight excluding hydrogens is 327 g/mol. The summed E-state index contributed by atoms with van der Waals surface area (Å²) in [5.74, 6) is 0.0163. The lowest BCUT2D eigenvalue weighted by molar-refractivity contribution is 0.104. The van der Waals surface area contributed by atoms with E-state index in [9.17, 15) is 14.0 Å². The zero-order chi connectivity index (χ0) is 18.1. The first kappa shape index (κ1) is 18.3. The van der Waals surface area contributed by atoms with Crippen LogP contribution in [0.5, 0.6) is 5.75 Å². The molecule has 2 aromatic rings. The van der Waals surface area contributed by atoms with Crippen molar-refractivity contribution in [2.45, 2.75) is 13.3 Å². The Morgan fingerprint density at radius 1 is 1.12 bits per heavy atom. The van der Waals surface area contributed by atoms with Gasteiger partial charge in [-0.1, -0.05) is 12.1 Å². The molecule has 2 amide bonds. The second-order valence-corrected chi connectivity index (χ2v) is 5.07. The Morgan fingerprint density at radius 3 is 2.56 bits per heavy atom. The maximum absolute atomic E-state index is 13.1. The summed E-state index contributed by atoms with van der Waals surface area (Å²) in [5, 5.41) is 5.33. The van der Waals surface area contributed by atoms with E-state index in [1.807, 2.05) is 0 Å². The molecule has 7 heteroatoms. The summed E-state index contributed by atoms with van der Waals surface area (Å²) in [6.45, 7) is 2.29. The van der Waals surface area contributed by atoms with Crippen LogP contribution in [0.2, 0.25) is 0 Å². The van der Waals surface area contributed by atoms with E-state index < -0.39 is 6.16 Å². The fourth-order valence-corrected chi connectivity index (χ4v) is 2.04. The van der Waals surface area contributed by atoms with Gasteiger partial charge in [0.1, 0.15) is 11.6 Å². The van der Waals surface area contributed by atoms with Crippen molar-refractivity contribution in [2.75, 3.05) is 18.5 Å². The molecule has 0 spiro atoms. The van der Waals surface area contributed by atoms with Gasteiger partial charge in [0.05, 0.1) is 6.61 Å². The number of rotatable bonds is 6. The summed E-state index contributed by atoms with van der Waals surface area (Å²) >= 11 is 0. The van der Waals surface area contributed by atoms with E-state index in [1.54, 1.807) is 43.3 Å². The minimum atomic E-state index is -0.779. The van der Waals surface area contributed by atoms with E-state index >= 15 is 0 Å². The number of hydrogen-bond acceptors (Lipinski definition) is 4. The second-order valence-electron chi connectivity index (χ2n) is 5.07. The molecule has 132 valence electrons. The fourth-order valence-electron chi connectivity index (χ4n) is 2.04. The SMILES string of the molecule is CCOC(=O)Oc1ccc(NC(=O)NCCc2cccc(F)c2)cc1. The number of carbonyl (C=O) groups excluding carboxylic acids is 2. The van der Waals surface area contributed by atoms with Crippen LogP contribution in [0.4, 0.5) is 19.7 Å². The molecule has 0 atom stereocenters. The molecule has 0 aromatic heterocycles. The average molecular weight is 346 g/mol. The molecule has 0 saturated carbocycles. The minimum Gasteiger partial charge on any atom is -0.434 e. The molecule has 0 unspecified atom stereocenters. The normalized spacial score (nSPS) is 10.0. The Balaban J connectivity index is 1.75. The van der Waals surface area contributed by atoms with Crippen molar-refractivity contribution in [2.24, 2.45) is 0 Å². The number of benzene rings is 2. The first-order chi connectivity index (χ1) is 12.1. The van der Waals surface area contributed by atoms with Crippen molar-refractivity contribution in [3.63, 3.8) is 0 Å². The summed E-state index contributed by atoms with van der Waals surface area (Å²) in [6.07, 6.45) is -0.254. The Hall–Kier alpha value is -3.09. The maximum Gasteiger partial charge on any atom is 0.513 e. The van der Waals surface area contributed by atoms with E-state index in [1.165, 1.54) is 12.1 Å². The topological polar surface area (TPSA) is 76.7 Å². The average Bonchev–Trinajstić information content (AvgIpc) is 2.57. The number of hydrogen-bond donors (Lipinski definition) is 2. The third-order valence-electron chi connectivity index (χ3n) is 3.16. The molecule has 6 nitrogen and oxygen atoms in total. The molecule has 2 rings (SSSR count). The van der Waals surface area contributed by atoms with Gasteiger partial charge in [-0.2, -0.15) is 0 Å². The smallest absolute Gasteiger partial charge is 0.434 e. The minimum absolute atomic E-state index is 0.230. The summed E-state index contributed by atoms with van der Waals surface area (Å²) in [5.41, 5.74) is 1.35. The number of ether oxygens (including phenoxy) is 2. The van der Waals surface area contributed by atoms with E-state index in [0.29, 0.717) is 24.4 Å². The summed E-state index contributed by atoms with van der Waals surface area (Å²) in [6, 6.07) is 12.1. The van der Waals surface area contributed by atoms with Gasteiger partial charge < -0.3 is 20.1 Å². The van der Waals surface area contributed by atoms with Crippen LogP contribution in [-0.4, -0.2) is 25.3 Å². The van der Waals surface area contributed by atoms with E-state index in [-0.39, 0.29) is 18.5 Å². The molecule has 0 aliphatic carbocycles. The van der Waals surface area contributed by atoms with Gasteiger partial charge in [-0.3, -0.25) is 0 Å². The third-order valence-corrected chi connectivity index (χ3v) is 3.16. The number of nitrogens with one attached hydrogen (secondary N) is 2. The summed E-state index contributed by atoms with van der Waals surface area (Å²) in [7, 11) is 0. The monoisotopic (exact) mass is 346 g/mol. The van der Waals surface area contributed by atoms with Crippen LogP contribution in [0.1, 0.15) is 12.5 Å². The quantitative estimate of drug-likeness (QED) is 0.617. The van der Waals surface area contributed by atoms with Crippen molar-refractivity contribution < 1.29 is 23.5 Å². The molecule has 0 heterocycles. The van der Waals surface area contributed by atoms with Crippen molar-refractivity contribution in [3.8, 4) is 5.75 Å². The Kier molecular flexibility index (Phi) is 6.76. The van der Waals surface area contributed by atoms with Gasteiger partial charge in [0, 0.05) is 12.2 Å². The molecule has 0 radical (unpaired) electrons. The first-order valence-corrected chi connectivity index (χ1v) is 7.81. The molecule has 2 N–H and O–H groups in total. The first-order valence-electron chi connectivity index (χ1n) is 7.81. The van der Waals surface area contributed by atoms with Crippen LogP contribution in [0, 0.1) is 5.82 Å². The summed E-state index contributed by atoms with van der Waals surface area (Å²) in [4.78, 5) is 23.0. The maximum atomic E-state index is 13.1. The van der Waals surface area contributed by atoms with Gasteiger partial charge in [0.25, 0.3) is 0 Å². The Morgan fingerprint density at radius 2 is 1.88 bits per heavy atom. The van der Waals surface area contributed by atoms with Crippen LogP contribution in [-0.2, 0) is 11.2 Å². The van der Waals surface area contributed by atoms with Gasteiger partial charge in [-0.15, -0.1) is 0 Å². The van der Waals surface area contributed by atoms with Crippen LogP contribution >= 0.6 is 0 Å². The van der Waals surface area contributed by atoms with Crippen molar-refractivity contribution in [1.82, 2.24) is 5.32 Å². The molecule has 0 saturated heterocycles. The number of carbonyl (C=O) groups is 2. The molecule has 0 fully saturated rings. The highest BCUT2D eigenvalue weighted by Gasteiger charge is 2.06. The largest absolute Gasteiger partial charge is 0.513 e. The molecule has 0 bridgehead atoms. The zero-order valence-corrected chi connectivity index (χ0v) is 13.8. The number of anilines is 1. The van der Waals surface area contributed by atoms with Gasteiger partial charge in [-0.25, -0.2) is 14.0 Å². The highest BCUT2D eigenvalue weighted by atomic mass is 19.1. The summed E-state index contributed by atoms with van der Waals surface area (Å²) < 4.78 is 22.6. The molecule has 0 aliphatic heterocycles. The third kappa shape index (κ3) is 6.50. The Bertz CT molecular complexity index is 719.